The van der Waals surface area contributed by atoms with Gasteiger partial charge in [-0.15, -0.1) is 0 Å². The van der Waals surface area contributed by atoms with Gasteiger partial charge >= 0.3 is 5.97 Å². The Morgan fingerprint density at radius 3 is 1.03 bits per heavy atom. The molecule has 0 aromatic rings. The number of ether oxygens (including phenoxy) is 1. The maximum absolute atomic E-state index is 12.5. The first-order valence-electron chi connectivity index (χ1n) is 32.1. The lowest BCUT2D eigenvalue weighted by Gasteiger charge is -2.22. The highest BCUT2D eigenvalue weighted by Gasteiger charge is 2.20. The summed E-state index contributed by atoms with van der Waals surface area (Å²) in [5.74, 6) is -0.0434. The van der Waals surface area contributed by atoms with E-state index in [-0.39, 0.29) is 18.5 Å². The van der Waals surface area contributed by atoms with Crippen molar-refractivity contribution in [2.75, 3.05) is 13.2 Å². The van der Waals surface area contributed by atoms with Crippen LogP contribution in [0.25, 0.3) is 0 Å². The van der Waals surface area contributed by atoms with E-state index in [0.29, 0.717) is 25.9 Å². The van der Waals surface area contributed by atoms with Gasteiger partial charge in [0.1, 0.15) is 0 Å². The summed E-state index contributed by atoms with van der Waals surface area (Å²) in [5, 5.41) is 23.4. The lowest BCUT2D eigenvalue weighted by molar-refractivity contribution is -0.143. The molecule has 0 bridgehead atoms. The van der Waals surface area contributed by atoms with E-state index in [4.69, 9.17) is 4.74 Å². The van der Waals surface area contributed by atoms with Gasteiger partial charge < -0.3 is 20.3 Å². The molecule has 0 aromatic heterocycles. The highest BCUT2D eigenvalue weighted by atomic mass is 16.5. The van der Waals surface area contributed by atoms with Crippen LogP contribution in [0, 0.1) is 0 Å². The van der Waals surface area contributed by atoms with E-state index in [1.54, 1.807) is 0 Å². The number of rotatable bonds is 60. The van der Waals surface area contributed by atoms with Gasteiger partial charge in [-0.2, -0.15) is 0 Å². The molecule has 0 saturated heterocycles. The molecule has 1 amide bonds. The molecule has 0 aliphatic heterocycles. The number of hydrogen-bond acceptors (Lipinski definition) is 5. The molecule has 0 saturated carbocycles. The van der Waals surface area contributed by atoms with E-state index in [1.165, 1.54) is 276 Å². The van der Waals surface area contributed by atoms with Crippen molar-refractivity contribution in [2.24, 2.45) is 0 Å². The number of unbranched alkanes of at least 4 members (excludes halogenated alkanes) is 45. The Morgan fingerprint density at radius 1 is 0.380 bits per heavy atom. The van der Waals surface area contributed by atoms with Gasteiger partial charge in [-0.05, 0) is 77.0 Å². The molecule has 0 radical (unpaired) electrons. The molecule has 0 fully saturated rings. The minimum Gasteiger partial charge on any atom is -0.466 e. The Morgan fingerprint density at radius 2 is 0.662 bits per heavy atom. The molecule has 0 heterocycles. The van der Waals surface area contributed by atoms with Crippen LogP contribution in [0.1, 0.15) is 354 Å². The molecular formula is C65H125NO5. The van der Waals surface area contributed by atoms with Crippen molar-refractivity contribution in [1.82, 2.24) is 5.32 Å². The predicted molar refractivity (Wildman–Crippen MR) is 310 cm³/mol. The van der Waals surface area contributed by atoms with Gasteiger partial charge in [0, 0.05) is 12.8 Å². The number of carbonyl (C=O) groups excluding carboxylic acids is 2. The largest absolute Gasteiger partial charge is 0.466 e. The third-order valence-corrected chi connectivity index (χ3v) is 15.0. The van der Waals surface area contributed by atoms with Crippen molar-refractivity contribution >= 4 is 11.9 Å². The summed E-state index contributed by atoms with van der Waals surface area (Å²) >= 11 is 0. The number of allylic oxidation sites excluding steroid dienone is 4. The zero-order chi connectivity index (χ0) is 51.4. The van der Waals surface area contributed by atoms with Crippen molar-refractivity contribution < 1.29 is 24.5 Å². The molecule has 0 aliphatic rings. The molecule has 0 spiro atoms. The second-order valence-corrected chi connectivity index (χ2v) is 22.1. The Balaban J connectivity index is 3.44. The normalized spacial score (nSPS) is 12.7. The summed E-state index contributed by atoms with van der Waals surface area (Å²) in [6.45, 7) is 4.94. The summed E-state index contributed by atoms with van der Waals surface area (Å²) < 4.78 is 5.46. The summed E-state index contributed by atoms with van der Waals surface area (Å²) in [7, 11) is 0. The first-order chi connectivity index (χ1) is 35.0. The zero-order valence-corrected chi connectivity index (χ0v) is 48.0. The van der Waals surface area contributed by atoms with Gasteiger partial charge in [0.05, 0.1) is 25.4 Å². The van der Waals surface area contributed by atoms with Gasteiger partial charge in [-0.1, -0.05) is 289 Å². The third-order valence-electron chi connectivity index (χ3n) is 15.0. The summed E-state index contributed by atoms with van der Waals surface area (Å²) in [4.78, 5) is 24.5. The molecule has 0 aliphatic carbocycles. The molecule has 420 valence electrons. The summed E-state index contributed by atoms with van der Waals surface area (Å²) in [5.41, 5.74) is 0. The molecule has 2 unspecified atom stereocenters. The number of amides is 1. The van der Waals surface area contributed by atoms with Crippen molar-refractivity contribution in [2.45, 2.75) is 366 Å². The predicted octanol–water partition coefficient (Wildman–Crippen LogP) is 20.2. The van der Waals surface area contributed by atoms with Crippen LogP contribution < -0.4 is 5.32 Å². The van der Waals surface area contributed by atoms with Gasteiger partial charge in [-0.25, -0.2) is 0 Å². The van der Waals surface area contributed by atoms with Gasteiger partial charge in [-0.3, -0.25) is 9.59 Å². The summed E-state index contributed by atoms with van der Waals surface area (Å²) in [6.07, 6.45) is 74.8. The number of hydrogen-bond donors (Lipinski definition) is 3. The second kappa shape index (κ2) is 60.9. The Bertz CT molecular complexity index is 1110. The smallest absolute Gasteiger partial charge is 0.305 e. The average Bonchev–Trinajstić information content (AvgIpc) is 3.37. The number of aliphatic hydroxyl groups excluding tert-OH is 2. The van der Waals surface area contributed by atoms with Crippen LogP contribution in [0.5, 0.6) is 0 Å². The molecular weight excluding hydrogens is 875 g/mol. The fraction of sp³-hybridized carbons (Fsp3) is 0.908. The van der Waals surface area contributed by atoms with E-state index in [9.17, 15) is 19.8 Å². The van der Waals surface area contributed by atoms with Crippen molar-refractivity contribution in [3.05, 3.63) is 24.3 Å². The van der Waals surface area contributed by atoms with E-state index in [1.807, 2.05) is 0 Å². The highest BCUT2D eigenvalue weighted by Crippen LogP contribution is 2.18. The van der Waals surface area contributed by atoms with Crippen LogP contribution >= 0.6 is 0 Å². The third kappa shape index (κ3) is 57.5. The van der Waals surface area contributed by atoms with E-state index >= 15 is 0 Å². The molecule has 6 nitrogen and oxygen atoms in total. The SMILES string of the molecule is CCCCC/C=C\CCCCCCCC(=O)OCCCCCCCCCCC/C=C\CCCCCCCCCC(=O)NC(CO)C(O)CCCCCCCCCCCCCCCCCCCCCCCC. The summed E-state index contributed by atoms with van der Waals surface area (Å²) in [6, 6.07) is -0.549. The van der Waals surface area contributed by atoms with E-state index in [0.717, 1.165) is 44.9 Å². The number of nitrogens with one attached hydrogen (secondary N) is 1. The van der Waals surface area contributed by atoms with Gasteiger partial charge in [0.15, 0.2) is 0 Å². The average molecular weight is 1000 g/mol. The van der Waals surface area contributed by atoms with Crippen LogP contribution in [0.15, 0.2) is 24.3 Å². The van der Waals surface area contributed by atoms with E-state index in [2.05, 4.69) is 43.5 Å². The number of aliphatic hydroxyl groups is 2. The zero-order valence-electron chi connectivity index (χ0n) is 48.0. The highest BCUT2D eigenvalue weighted by molar-refractivity contribution is 5.76. The van der Waals surface area contributed by atoms with Crippen LogP contribution in [0.4, 0.5) is 0 Å². The fourth-order valence-electron chi connectivity index (χ4n) is 10.0. The van der Waals surface area contributed by atoms with E-state index < -0.39 is 12.1 Å². The topological polar surface area (TPSA) is 95.9 Å². The molecule has 2 atom stereocenters. The van der Waals surface area contributed by atoms with Gasteiger partial charge in [0.25, 0.3) is 0 Å². The van der Waals surface area contributed by atoms with Crippen molar-refractivity contribution in [1.29, 1.82) is 0 Å². The van der Waals surface area contributed by atoms with Gasteiger partial charge in [0.2, 0.25) is 5.91 Å². The molecule has 0 rings (SSSR count). The van der Waals surface area contributed by atoms with Crippen LogP contribution in [0.2, 0.25) is 0 Å². The molecule has 6 heteroatoms. The lowest BCUT2D eigenvalue weighted by atomic mass is 10.0. The monoisotopic (exact) mass is 1000 g/mol. The number of esters is 1. The maximum atomic E-state index is 12.5. The van der Waals surface area contributed by atoms with Crippen LogP contribution in [-0.4, -0.2) is 47.4 Å². The minimum absolute atomic E-state index is 0.00325. The quantitative estimate of drug-likeness (QED) is 0.0320. The molecule has 71 heavy (non-hydrogen) atoms. The van der Waals surface area contributed by atoms with Crippen LogP contribution in [0.3, 0.4) is 0 Å². The Labute approximate surface area is 443 Å². The Hall–Kier alpha value is -1.66. The lowest BCUT2D eigenvalue weighted by Crippen LogP contribution is -2.45. The maximum Gasteiger partial charge on any atom is 0.305 e. The number of carbonyl (C=O) groups is 2. The minimum atomic E-state index is -0.671. The standard InChI is InChI=1S/C65H125NO5/c1-3-5-7-9-11-13-15-17-18-19-20-21-22-25-28-31-34-37-41-45-49-53-57-63(68)62(61-67)66-64(69)58-54-50-46-42-38-35-32-29-26-23-24-27-30-33-36-40-44-48-52-56-60-71-65(70)59-55-51-47-43-39-16-14-12-10-8-6-4-2/h12,14,23,26,62-63,67-68H,3-11,13,15-22,24-25,27-61H2,1-2H3,(H,66,69)/b14-12-,26-23-. The van der Waals surface area contributed by atoms with Crippen molar-refractivity contribution in [3.63, 3.8) is 0 Å². The van der Waals surface area contributed by atoms with Crippen molar-refractivity contribution in [3.8, 4) is 0 Å². The second-order valence-electron chi connectivity index (χ2n) is 22.1. The van der Waals surface area contributed by atoms with Crippen LogP contribution in [-0.2, 0) is 14.3 Å². The Kier molecular flexibility index (Phi) is 59.5. The molecule has 0 aromatic carbocycles. The first kappa shape index (κ1) is 69.3. The first-order valence-corrected chi connectivity index (χ1v) is 32.1. The molecule has 3 N–H and O–H groups in total. The fourth-order valence-corrected chi connectivity index (χ4v) is 10.0.